The molecule has 4 nitrogen and oxygen atoms in total. The van der Waals surface area contributed by atoms with Crippen molar-refractivity contribution in [3.63, 3.8) is 0 Å². The SMILES string of the molecule is Cc1ccc(C)c(-n2c(N)nc3cc(C)cnc32)c1. The van der Waals surface area contributed by atoms with E-state index in [1.807, 2.05) is 23.8 Å². The smallest absolute Gasteiger partial charge is 0.207 e. The summed E-state index contributed by atoms with van der Waals surface area (Å²) in [4.78, 5) is 8.87. The molecule has 0 saturated carbocycles. The van der Waals surface area contributed by atoms with Crippen LogP contribution in [0.15, 0.2) is 30.5 Å². The molecule has 0 spiro atoms. The Hall–Kier alpha value is -2.36. The van der Waals surface area contributed by atoms with E-state index in [9.17, 15) is 0 Å². The number of nitrogens with two attached hydrogens (primary N) is 1. The maximum Gasteiger partial charge on any atom is 0.207 e. The van der Waals surface area contributed by atoms with Gasteiger partial charge in [0, 0.05) is 6.20 Å². The Bertz CT molecular complexity index is 771. The topological polar surface area (TPSA) is 56.7 Å². The number of anilines is 1. The summed E-state index contributed by atoms with van der Waals surface area (Å²) in [6, 6.07) is 8.28. The molecule has 0 aliphatic heterocycles. The van der Waals surface area contributed by atoms with Crippen molar-refractivity contribution in [1.29, 1.82) is 0 Å². The maximum absolute atomic E-state index is 6.07. The number of nitrogens with zero attached hydrogens (tertiary/aromatic N) is 3. The van der Waals surface area contributed by atoms with Gasteiger partial charge in [-0.1, -0.05) is 12.1 Å². The largest absolute Gasteiger partial charge is 0.369 e. The lowest BCUT2D eigenvalue weighted by Gasteiger charge is -2.10. The van der Waals surface area contributed by atoms with Crippen LogP contribution in [0.3, 0.4) is 0 Å². The lowest BCUT2D eigenvalue weighted by atomic mass is 10.1. The Morgan fingerprint density at radius 2 is 1.84 bits per heavy atom. The third-order valence-electron chi connectivity index (χ3n) is 3.27. The molecule has 0 atom stereocenters. The number of nitrogen functional groups attached to an aromatic ring is 1. The van der Waals surface area contributed by atoms with Gasteiger partial charge in [-0.25, -0.2) is 9.97 Å². The van der Waals surface area contributed by atoms with Crippen LogP contribution in [-0.2, 0) is 0 Å². The number of pyridine rings is 1. The van der Waals surface area contributed by atoms with Crippen LogP contribution in [0.1, 0.15) is 16.7 Å². The number of hydrogen-bond donors (Lipinski definition) is 1. The lowest BCUT2D eigenvalue weighted by Crippen LogP contribution is -2.03. The second-order valence-corrected chi connectivity index (χ2v) is 4.95. The van der Waals surface area contributed by atoms with Gasteiger partial charge in [0.05, 0.1) is 5.69 Å². The molecule has 96 valence electrons. The Morgan fingerprint density at radius 3 is 2.63 bits per heavy atom. The number of benzene rings is 1. The second kappa shape index (κ2) is 4.09. The van der Waals surface area contributed by atoms with Gasteiger partial charge >= 0.3 is 0 Å². The van der Waals surface area contributed by atoms with Crippen molar-refractivity contribution < 1.29 is 0 Å². The molecular weight excluding hydrogens is 236 g/mol. The molecule has 0 aliphatic rings. The first-order chi connectivity index (χ1) is 9.06. The summed E-state index contributed by atoms with van der Waals surface area (Å²) in [5, 5.41) is 0. The zero-order valence-electron chi connectivity index (χ0n) is 11.3. The van der Waals surface area contributed by atoms with Crippen molar-refractivity contribution >= 4 is 17.1 Å². The van der Waals surface area contributed by atoms with Crippen LogP contribution < -0.4 is 5.73 Å². The Morgan fingerprint density at radius 1 is 1.05 bits per heavy atom. The molecule has 2 aromatic heterocycles. The average Bonchev–Trinajstić information content (AvgIpc) is 2.67. The third-order valence-corrected chi connectivity index (χ3v) is 3.27. The molecule has 3 rings (SSSR count). The van der Waals surface area contributed by atoms with E-state index in [4.69, 9.17) is 5.73 Å². The minimum absolute atomic E-state index is 0.474. The predicted molar refractivity (Wildman–Crippen MR) is 77.5 cm³/mol. The van der Waals surface area contributed by atoms with Crippen LogP contribution in [0, 0.1) is 20.8 Å². The second-order valence-electron chi connectivity index (χ2n) is 4.95. The van der Waals surface area contributed by atoms with E-state index in [1.54, 1.807) is 0 Å². The highest BCUT2D eigenvalue weighted by Gasteiger charge is 2.13. The van der Waals surface area contributed by atoms with Gasteiger partial charge in [0.1, 0.15) is 5.52 Å². The molecule has 2 heterocycles. The fraction of sp³-hybridized carbons (Fsp3) is 0.200. The van der Waals surface area contributed by atoms with Crippen LogP contribution in [0.2, 0.25) is 0 Å². The molecule has 0 amide bonds. The minimum atomic E-state index is 0.474. The van der Waals surface area contributed by atoms with E-state index in [1.165, 1.54) is 5.56 Å². The standard InChI is InChI=1S/C15H16N4/c1-9-4-5-11(3)13(7-9)19-14-12(18-15(19)16)6-10(2)8-17-14/h4-8H,1-3H3,(H2,16,18). The first-order valence-electron chi connectivity index (χ1n) is 6.24. The van der Waals surface area contributed by atoms with Gasteiger partial charge in [0.2, 0.25) is 5.95 Å². The van der Waals surface area contributed by atoms with Crippen molar-refractivity contribution in [3.05, 3.63) is 47.2 Å². The van der Waals surface area contributed by atoms with Crippen molar-refractivity contribution in [1.82, 2.24) is 14.5 Å². The molecule has 0 radical (unpaired) electrons. The number of hydrogen-bond acceptors (Lipinski definition) is 3. The van der Waals surface area contributed by atoms with E-state index in [0.717, 1.165) is 28.0 Å². The van der Waals surface area contributed by atoms with Crippen molar-refractivity contribution in [3.8, 4) is 5.69 Å². The third kappa shape index (κ3) is 1.85. The van der Waals surface area contributed by atoms with E-state index in [0.29, 0.717) is 5.95 Å². The summed E-state index contributed by atoms with van der Waals surface area (Å²) in [5.74, 6) is 0.474. The van der Waals surface area contributed by atoms with Crippen LogP contribution in [0.25, 0.3) is 16.9 Å². The normalized spacial score (nSPS) is 11.1. The van der Waals surface area contributed by atoms with Gasteiger partial charge in [-0.15, -0.1) is 0 Å². The number of fused-ring (bicyclic) bond motifs is 1. The molecule has 0 bridgehead atoms. The molecule has 2 N–H and O–H groups in total. The molecule has 1 aromatic carbocycles. The zero-order chi connectivity index (χ0) is 13.6. The summed E-state index contributed by atoms with van der Waals surface area (Å²) < 4.78 is 1.91. The molecule has 0 saturated heterocycles. The highest BCUT2D eigenvalue weighted by Crippen LogP contribution is 2.24. The number of aromatic nitrogens is 3. The highest BCUT2D eigenvalue weighted by molar-refractivity contribution is 5.77. The molecule has 19 heavy (non-hydrogen) atoms. The van der Waals surface area contributed by atoms with Gasteiger partial charge in [0.25, 0.3) is 0 Å². The number of aryl methyl sites for hydroxylation is 3. The van der Waals surface area contributed by atoms with Gasteiger partial charge in [0.15, 0.2) is 5.65 Å². The highest BCUT2D eigenvalue weighted by atomic mass is 15.2. The Labute approximate surface area is 111 Å². The first kappa shape index (κ1) is 11.7. The van der Waals surface area contributed by atoms with E-state index >= 15 is 0 Å². The van der Waals surface area contributed by atoms with Crippen LogP contribution in [-0.4, -0.2) is 14.5 Å². The number of rotatable bonds is 1. The number of imidazole rings is 1. The Balaban J connectivity index is 2.36. The van der Waals surface area contributed by atoms with Crippen molar-refractivity contribution in [2.75, 3.05) is 5.73 Å². The average molecular weight is 252 g/mol. The van der Waals surface area contributed by atoms with Crippen LogP contribution in [0.4, 0.5) is 5.95 Å². The Kier molecular flexibility index (Phi) is 2.52. The fourth-order valence-electron chi connectivity index (χ4n) is 2.28. The summed E-state index contributed by atoms with van der Waals surface area (Å²) in [6.45, 7) is 6.13. The van der Waals surface area contributed by atoms with Crippen molar-refractivity contribution in [2.45, 2.75) is 20.8 Å². The molecule has 0 aliphatic carbocycles. The van der Waals surface area contributed by atoms with Crippen LogP contribution in [0.5, 0.6) is 0 Å². The summed E-state index contributed by atoms with van der Waals surface area (Å²) in [7, 11) is 0. The molecule has 0 fully saturated rings. The lowest BCUT2D eigenvalue weighted by molar-refractivity contribution is 1.06. The minimum Gasteiger partial charge on any atom is -0.369 e. The zero-order valence-corrected chi connectivity index (χ0v) is 11.3. The maximum atomic E-state index is 6.07. The molecule has 3 aromatic rings. The van der Waals surface area contributed by atoms with Gasteiger partial charge in [-0.3, -0.25) is 4.57 Å². The first-order valence-corrected chi connectivity index (χ1v) is 6.24. The molecule has 4 heteroatoms. The van der Waals surface area contributed by atoms with Crippen molar-refractivity contribution in [2.24, 2.45) is 0 Å². The van der Waals surface area contributed by atoms with Gasteiger partial charge in [-0.05, 0) is 49.6 Å². The quantitative estimate of drug-likeness (QED) is 0.724. The van der Waals surface area contributed by atoms with E-state index in [-0.39, 0.29) is 0 Å². The van der Waals surface area contributed by atoms with Crippen LogP contribution >= 0.6 is 0 Å². The predicted octanol–water partition coefficient (Wildman–Crippen LogP) is 2.93. The molecular formula is C15H16N4. The summed E-state index contributed by atoms with van der Waals surface area (Å²) in [6.07, 6.45) is 1.84. The molecule has 0 unspecified atom stereocenters. The fourth-order valence-corrected chi connectivity index (χ4v) is 2.28. The van der Waals surface area contributed by atoms with Gasteiger partial charge < -0.3 is 5.73 Å². The van der Waals surface area contributed by atoms with Gasteiger partial charge in [-0.2, -0.15) is 0 Å². The van der Waals surface area contributed by atoms with E-state index < -0.39 is 0 Å². The van der Waals surface area contributed by atoms with E-state index in [2.05, 4.69) is 42.0 Å². The monoisotopic (exact) mass is 252 g/mol. The summed E-state index contributed by atoms with van der Waals surface area (Å²) >= 11 is 0. The summed E-state index contributed by atoms with van der Waals surface area (Å²) in [5.41, 5.74) is 12.2.